The van der Waals surface area contributed by atoms with Crippen LogP contribution in [0.1, 0.15) is 41.0 Å². The Balaban J connectivity index is 1.99. The molecule has 0 aliphatic heterocycles. The summed E-state index contributed by atoms with van der Waals surface area (Å²) in [6.45, 7) is 10.6. The van der Waals surface area contributed by atoms with E-state index in [1.54, 1.807) is 6.20 Å². The minimum Gasteiger partial charge on any atom is -0.364 e. The first-order valence-corrected chi connectivity index (χ1v) is 9.07. The zero-order chi connectivity index (χ0) is 19.8. The normalized spacial score (nSPS) is 13.3. The average Bonchev–Trinajstić information content (AvgIpc) is 2.98. The summed E-state index contributed by atoms with van der Waals surface area (Å²) < 4.78 is 28.0. The van der Waals surface area contributed by atoms with Gasteiger partial charge in [0.15, 0.2) is 17.5 Å². The van der Waals surface area contributed by atoms with Crippen LogP contribution in [0.2, 0.25) is 0 Å². The maximum absolute atomic E-state index is 14.4. The number of hydrogen-bond acceptors (Lipinski definition) is 4. The summed E-state index contributed by atoms with van der Waals surface area (Å²) in [5, 5.41) is 3.81. The van der Waals surface area contributed by atoms with Gasteiger partial charge < -0.3 is 10.3 Å². The Labute approximate surface area is 157 Å². The van der Waals surface area contributed by atoms with E-state index in [0.717, 1.165) is 18.8 Å². The molecule has 144 valence electrons. The SMILES string of the molecule is CC(C)CC(Nc1nc(-c2c[nH]c3ncc(F)cc23)ncc1F)C(C)(C)C. The number of anilines is 1. The smallest absolute Gasteiger partial charge is 0.183 e. The zero-order valence-electron chi connectivity index (χ0n) is 16.3. The lowest BCUT2D eigenvalue weighted by Gasteiger charge is -2.33. The van der Waals surface area contributed by atoms with Crippen molar-refractivity contribution in [2.75, 3.05) is 5.32 Å². The summed E-state index contributed by atoms with van der Waals surface area (Å²) in [5.41, 5.74) is 1.03. The number of nitrogens with one attached hydrogen (secondary N) is 2. The summed E-state index contributed by atoms with van der Waals surface area (Å²) >= 11 is 0. The number of aromatic nitrogens is 4. The van der Waals surface area contributed by atoms with E-state index in [2.05, 4.69) is 59.9 Å². The number of halogens is 2. The fourth-order valence-electron chi connectivity index (χ4n) is 3.03. The Morgan fingerprint density at radius 2 is 1.89 bits per heavy atom. The van der Waals surface area contributed by atoms with Crippen LogP contribution in [0, 0.1) is 23.0 Å². The molecule has 5 nitrogen and oxygen atoms in total. The highest BCUT2D eigenvalue weighted by Crippen LogP contribution is 2.30. The van der Waals surface area contributed by atoms with Crippen molar-refractivity contribution in [2.24, 2.45) is 11.3 Å². The van der Waals surface area contributed by atoms with Crippen molar-refractivity contribution in [3.63, 3.8) is 0 Å². The van der Waals surface area contributed by atoms with Crippen LogP contribution in [0.15, 0.2) is 24.7 Å². The van der Waals surface area contributed by atoms with Gasteiger partial charge in [-0.3, -0.25) is 0 Å². The second-order valence-corrected chi connectivity index (χ2v) is 8.33. The second-order valence-electron chi connectivity index (χ2n) is 8.33. The molecule has 1 atom stereocenters. The van der Waals surface area contributed by atoms with Crippen LogP contribution in [0.5, 0.6) is 0 Å². The standard InChI is InChI=1S/C20H25F2N5/c1-11(2)6-16(20(3,4)5)26-19-15(22)10-25-18(27-19)14-9-24-17-13(14)7-12(21)8-23-17/h7-11,16H,6H2,1-5H3,(H,23,24)(H,25,26,27). The molecule has 7 heteroatoms. The highest BCUT2D eigenvalue weighted by atomic mass is 19.1. The molecule has 27 heavy (non-hydrogen) atoms. The number of hydrogen-bond donors (Lipinski definition) is 2. The summed E-state index contributed by atoms with van der Waals surface area (Å²) in [6.07, 6.45) is 4.82. The fraction of sp³-hybridized carbons (Fsp3) is 0.450. The molecule has 0 saturated carbocycles. The molecule has 0 aromatic carbocycles. The van der Waals surface area contributed by atoms with Crippen LogP contribution in [-0.2, 0) is 0 Å². The minimum absolute atomic E-state index is 0.0387. The molecule has 0 aliphatic carbocycles. The van der Waals surface area contributed by atoms with Gasteiger partial charge in [0.1, 0.15) is 11.5 Å². The monoisotopic (exact) mass is 373 g/mol. The van der Waals surface area contributed by atoms with Crippen molar-refractivity contribution in [2.45, 2.75) is 47.1 Å². The highest BCUT2D eigenvalue weighted by Gasteiger charge is 2.27. The molecule has 0 saturated heterocycles. The zero-order valence-corrected chi connectivity index (χ0v) is 16.3. The molecular weight excluding hydrogens is 348 g/mol. The fourth-order valence-corrected chi connectivity index (χ4v) is 3.03. The van der Waals surface area contributed by atoms with Crippen LogP contribution < -0.4 is 5.32 Å². The van der Waals surface area contributed by atoms with Crippen LogP contribution in [0.3, 0.4) is 0 Å². The van der Waals surface area contributed by atoms with Crippen LogP contribution in [0.4, 0.5) is 14.6 Å². The third kappa shape index (κ3) is 4.23. The molecule has 0 fully saturated rings. The van der Waals surface area contributed by atoms with Gasteiger partial charge >= 0.3 is 0 Å². The second kappa shape index (κ2) is 7.21. The summed E-state index contributed by atoms with van der Waals surface area (Å²) in [4.78, 5) is 15.5. The van der Waals surface area contributed by atoms with E-state index in [1.165, 1.54) is 6.07 Å². The first-order valence-electron chi connectivity index (χ1n) is 9.07. The van der Waals surface area contributed by atoms with Crippen LogP contribution in [0.25, 0.3) is 22.4 Å². The van der Waals surface area contributed by atoms with Gasteiger partial charge in [0.05, 0.1) is 12.4 Å². The number of H-pyrrole nitrogens is 1. The molecule has 3 heterocycles. The molecule has 3 aromatic rings. The highest BCUT2D eigenvalue weighted by molar-refractivity contribution is 5.91. The quantitative estimate of drug-likeness (QED) is 0.647. The lowest BCUT2D eigenvalue weighted by molar-refractivity contribution is 0.299. The van der Waals surface area contributed by atoms with E-state index < -0.39 is 11.6 Å². The number of pyridine rings is 1. The maximum Gasteiger partial charge on any atom is 0.183 e. The van der Waals surface area contributed by atoms with Gasteiger partial charge in [0.2, 0.25) is 0 Å². The van der Waals surface area contributed by atoms with Crippen molar-refractivity contribution in [3.8, 4) is 11.4 Å². The van der Waals surface area contributed by atoms with Crippen LogP contribution >= 0.6 is 0 Å². The molecule has 0 spiro atoms. The van der Waals surface area contributed by atoms with E-state index >= 15 is 0 Å². The number of nitrogens with zero attached hydrogens (tertiary/aromatic N) is 3. The Morgan fingerprint density at radius 1 is 1.15 bits per heavy atom. The summed E-state index contributed by atoms with van der Waals surface area (Å²) in [7, 11) is 0. The summed E-state index contributed by atoms with van der Waals surface area (Å²) in [5.74, 6) is -0.0442. The first-order chi connectivity index (χ1) is 12.6. The van der Waals surface area contributed by atoms with Crippen molar-refractivity contribution in [1.82, 2.24) is 19.9 Å². The number of aromatic amines is 1. The molecule has 1 unspecified atom stereocenters. The molecule has 3 aromatic heterocycles. The Hall–Kier alpha value is -2.57. The molecule has 2 N–H and O–H groups in total. The van der Waals surface area contributed by atoms with E-state index in [1.807, 2.05) is 0 Å². The molecular formula is C20H25F2N5. The van der Waals surface area contributed by atoms with Crippen molar-refractivity contribution < 1.29 is 8.78 Å². The molecule has 0 radical (unpaired) electrons. The Kier molecular flexibility index (Phi) is 5.13. The van der Waals surface area contributed by atoms with Crippen LogP contribution in [-0.4, -0.2) is 26.0 Å². The lowest BCUT2D eigenvalue weighted by Crippen LogP contribution is -2.36. The van der Waals surface area contributed by atoms with E-state index in [-0.39, 0.29) is 17.3 Å². The Bertz CT molecular complexity index is 943. The average molecular weight is 373 g/mol. The van der Waals surface area contributed by atoms with Gasteiger partial charge in [-0.1, -0.05) is 34.6 Å². The van der Waals surface area contributed by atoms with Gasteiger partial charge in [-0.2, -0.15) is 0 Å². The molecule has 0 bridgehead atoms. The number of fused-ring (bicyclic) bond motifs is 1. The van der Waals surface area contributed by atoms with Crippen molar-refractivity contribution in [1.29, 1.82) is 0 Å². The van der Waals surface area contributed by atoms with Gasteiger partial charge in [-0.15, -0.1) is 0 Å². The van der Waals surface area contributed by atoms with E-state index in [0.29, 0.717) is 28.3 Å². The predicted octanol–water partition coefficient (Wildman–Crippen LogP) is 5.17. The topological polar surface area (TPSA) is 66.5 Å². The van der Waals surface area contributed by atoms with Gasteiger partial charge in [0.25, 0.3) is 0 Å². The van der Waals surface area contributed by atoms with Crippen molar-refractivity contribution >= 4 is 16.9 Å². The summed E-state index contributed by atoms with van der Waals surface area (Å²) in [6, 6.07) is 1.40. The van der Waals surface area contributed by atoms with Gasteiger partial charge in [-0.25, -0.2) is 23.7 Å². The van der Waals surface area contributed by atoms with Crippen molar-refractivity contribution in [3.05, 3.63) is 36.3 Å². The Morgan fingerprint density at radius 3 is 2.56 bits per heavy atom. The molecule has 0 amide bonds. The maximum atomic E-state index is 14.4. The molecule has 3 rings (SSSR count). The van der Waals surface area contributed by atoms with E-state index in [9.17, 15) is 8.78 Å². The van der Waals surface area contributed by atoms with E-state index in [4.69, 9.17) is 0 Å². The minimum atomic E-state index is -0.513. The van der Waals surface area contributed by atoms with Gasteiger partial charge in [-0.05, 0) is 23.8 Å². The first kappa shape index (κ1) is 19.2. The number of rotatable bonds is 5. The third-order valence-electron chi connectivity index (χ3n) is 4.55. The predicted molar refractivity (Wildman–Crippen MR) is 103 cm³/mol. The lowest BCUT2D eigenvalue weighted by atomic mass is 9.82. The molecule has 0 aliphatic rings. The van der Waals surface area contributed by atoms with Gasteiger partial charge in [0, 0.05) is 23.2 Å². The largest absolute Gasteiger partial charge is 0.364 e. The third-order valence-corrected chi connectivity index (χ3v) is 4.55.